The fourth-order valence-electron chi connectivity index (χ4n) is 4.89. The number of aryl methyl sites for hydroxylation is 1. The third kappa shape index (κ3) is 5.13. The molecule has 1 aliphatic heterocycles. The lowest BCUT2D eigenvalue weighted by atomic mass is 10.0. The Kier molecular flexibility index (Phi) is 7.03. The zero-order chi connectivity index (χ0) is 28.8. The summed E-state index contributed by atoms with van der Waals surface area (Å²) in [7, 11) is -4.06. The zero-order valence-electron chi connectivity index (χ0n) is 23.1. The Bertz CT molecular complexity index is 1680. The van der Waals surface area contributed by atoms with Crippen LogP contribution in [0.5, 0.6) is 0 Å². The summed E-state index contributed by atoms with van der Waals surface area (Å²) in [5.41, 5.74) is 1.05. The lowest BCUT2D eigenvalue weighted by Gasteiger charge is -2.40. The van der Waals surface area contributed by atoms with Crippen LogP contribution < -0.4 is 4.90 Å². The minimum atomic E-state index is -4.06. The maximum Gasteiger partial charge on any atom is 0.410 e. The van der Waals surface area contributed by atoms with Crippen LogP contribution in [0.25, 0.3) is 22.2 Å². The number of anilines is 1. The van der Waals surface area contributed by atoms with Gasteiger partial charge in [0.1, 0.15) is 23.6 Å². The number of aromatic nitrogens is 3. The number of rotatable bonds is 4. The Morgan fingerprint density at radius 2 is 1.73 bits per heavy atom. The molecule has 0 aliphatic carbocycles. The molecule has 1 amide bonds. The van der Waals surface area contributed by atoms with Crippen molar-refractivity contribution < 1.29 is 22.3 Å². The second-order valence-electron chi connectivity index (χ2n) is 11.0. The molecule has 2 aromatic carbocycles. The van der Waals surface area contributed by atoms with Gasteiger partial charge in [-0.3, -0.25) is 0 Å². The van der Waals surface area contributed by atoms with Crippen molar-refractivity contribution in [1.29, 1.82) is 0 Å². The predicted molar refractivity (Wildman–Crippen MR) is 151 cm³/mol. The number of hydrogen-bond donors (Lipinski definition) is 0. The normalized spacial score (nSPS) is 16.4. The first kappa shape index (κ1) is 27.6. The van der Waals surface area contributed by atoms with E-state index < -0.39 is 27.5 Å². The third-order valence-electron chi connectivity index (χ3n) is 6.83. The van der Waals surface area contributed by atoms with Crippen LogP contribution in [-0.4, -0.2) is 64.6 Å². The number of ether oxygens (including phenoxy) is 1. The predicted octanol–water partition coefficient (Wildman–Crippen LogP) is 5.23. The highest BCUT2D eigenvalue weighted by atomic mass is 32.2. The highest BCUT2D eigenvalue weighted by Gasteiger charge is 2.33. The van der Waals surface area contributed by atoms with Gasteiger partial charge < -0.3 is 14.5 Å². The second-order valence-corrected chi connectivity index (χ2v) is 12.8. The largest absolute Gasteiger partial charge is 0.444 e. The fourth-order valence-corrected chi connectivity index (χ4v) is 6.21. The highest BCUT2D eigenvalue weighted by Crippen LogP contribution is 2.38. The number of carbonyl (C=O) groups excluding carboxylic acids is 1. The van der Waals surface area contributed by atoms with Gasteiger partial charge in [-0.1, -0.05) is 35.9 Å². The molecule has 4 aromatic rings. The molecule has 0 saturated carbocycles. The summed E-state index contributed by atoms with van der Waals surface area (Å²) in [4.78, 5) is 25.4. The molecule has 0 unspecified atom stereocenters. The first-order valence-corrected chi connectivity index (χ1v) is 14.5. The third-order valence-corrected chi connectivity index (χ3v) is 8.49. The van der Waals surface area contributed by atoms with Crippen LogP contribution in [0.2, 0.25) is 0 Å². The van der Waals surface area contributed by atoms with Crippen LogP contribution in [0.15, 0.2) is 66.0 Å². The number of nitrogens with zero attached hydrogens (tertiary/aromatic N) is 5. The Morgan fingerprint density at radius 1 is 1.02 bits per heavy atom. The number of halogens is 1. The van der Waals surface area contributed by atoms with Gasteiger partial charge in [0, 0.05) is 43.0 Å². The minimum absolute atomic E-state index is 0.0924. The highest BCUT2D eigenvalue weighted by molar-refractivity contribution is 7.90. The van der Waals surface area contributed by atoms with E-state index in [0.717, 1.165) is 9.54 Å². The summed E-state index contributed by atoms with van der Waals surface area (Å²) in [5, 5.41) is 0.418. The van der Waals surface area contributed by atoms with Crippen molar-refractivity contribution in [1.82, 2.24) is 18.8 Å². The van der Waals surface area contributed by atoms with E-state index in [4.69, 9.17) is 4.74 Å². The molecule has 0 bridgehead atoms. The van der Waals surface area contributed by atoms with Crippen molar-refractivity contribution in [3.05, 3.63) is 72.4 Å². The number of fused-ring (bicyclic) bond motifs is 1. The molecule has 0 radical (unpaired) electrons. The van der Waals surface area contributed by atoms with Crippen molar-refractivity contribution in [2.24, 2.45) is 0 Å². The molecule has 1 saturated heterocycles. The molecule has 1 fully saturated rings. The van der Waals surface area contributed by atoms with Crippen LogP contribution >= 0.6 is 0 Å². The lowest BCUT2D eigenvalue weighted by molar-refractivity contribution is 0.0158. The molecule has 9 nitrogen and oxygen atoms in total. The van der Waals surface area contributed by atoms with Crippen molar-refractivity contribution in [2.45, 2.75) is 51.2 Å². The quantitative estimate of drug-likeness (QED) is 0.334. The van der Waals surface area contributed by atoms with E-state index in [1.165, 1.54) is 18.6 Å². The number of benzene rings is 2. The smallest absolute Gasteiger partial charge is 0.410 e. The van der Waals surface area contributed by atoms with Crippen molar-refractivity contribution in [3.63, 3.8) is 0 Å². The van der Waals surface area contributed by atoms with Gasteiger partial charge in [-0.2, -0.15) is 0 Å². The summed E-state index contributed by atoms with van der Waals surface area (Å²) in [6.45, 7) is 10.5. The molecule has 0 N–H and O–H groups in total. The van der Waals surface area contributed by atoms with Gasteiger partial charge in [0.15, 0.2) is 5.65 Å². The lowest BCUT2D eigenvalue weighted by Crippen LogP contribution is -2.55. The van der Waals surface area contributed by atoms with E-state index in [9.17, 15) is 13.2 Å². The molecule has 3 heterocycles. The molecule has 1 aliphatic rings. The number of hydrogen-bond acceptors (Lipinski definition) is 7. The summed E-state index contributed by atoms with van der Waals surface area (Å²) >= 11 is 0. The van der Waals surface area contributed by atoms with Gasteiger partial charge in [-0.05, 0) is 52.8 Å². The second kappa shape index (κ2) is 10.2. The molecule has 2 aromatic heterocycles. The van der Waals surface area contributed by atoms with E-state index in [1.54, 1.807) is 47.4 Å². The van der Waals surface area contributed by atoms with Gasteiger partial charge >= 0.3 is 6.09 Å². The van der Waals surface area contributed by atoms with Crippen LogP contribution in [-0.2, 0) is 14.8 Å². The maximum absolute atomic E-state index is 15.1. The summed E-state index contributed by atoms with van der Waals surface area (Å²) in [5.74, 6) is -0.0241. The van der Waals surface area contributed by atoms with Crippen molar-refractivity contribution in [3.8, 4) is 11.1 Å². The molecular weight excluding hydrogens is 533 g/mol. The van der Waals surface area contributed by atoms with E-state index in [-0.39, 0.29) is 22.1 Å². The van der Waals surface area contributed by atoms with Crippen molar-refractivity contribution >= 4 is 33.0 Å². The topological polar surface area (TPSA) is 97.6 Å². The van der Waals surface area contributed by atoms with Gasteiger partial charge in [-0.25, -0.2) is 31.5 Å². The molecule has 5 rings (SSSR count). The number of carbonyl (C=O) groups is 1. The van der Waals surface area contributed by atoms with Gasteiger partial charge in [0.2, 0.25) is 0 Å². The molecule has 0 spiro atoms. The molecule has 40 heavy (non-hydrogen) atoms. The van der Waals surface area contributed by atoms with Gasteiger partial charge in [0.05, 0.1) is 10.3 Å². The monoisotopic (exact) mass is 565 g/mol. The first-order chi connectivity index (χ1) is 18.9. The molecule has 1 atom stereocenters. The zero-order valence-corrected chi connectivity index (χ0v) is 23.9. The van der Waals surface area contributed by atoms with Crippen LogP contribution in [0, 0.1) is 12.7 Å². The Balaban J connectivity index is 1.63. The van der Waals surface area contributed by atoms with Gasteiger partial charge in [0.25, 0.3) is 10.0 Å². The SMILES string of the molecule is Cc1ccc(S(=O)(=O)n2cc(-c3ccccc3F)c3c(N4CCN(C(=O)OC(C)(C)C)[C@H](C)C4)ncnc32)cc1. The van der Waals surface area contributed by atoms with Crippen LogP contribution in [0.3, 0.4) is 0 Å². The average Bonchev–Trinajstić information content (AvgIpc) is 3.29. The minimum Gasteiger partial charge on any atom is -0.444 e. The first-order valence-electron chi connectivity index (χ1n) is 13.0. The number of amides is 1. The fraction of sp³-hybridized carbons (Fsp3) is 0.345. The number of piperazine rings is 1. The average molecular weight is 566 g/mol. The van der Waals surface area contributed by atoms with Crippen molar-refractivity contribution in [2.75, 3.05) is 24.5 Å². The van der Waals surface area contributed by atoms with Crippen LogP contribution in [0.4, 0.5) is 15.0 Å². The summed E-state index contributed by atoms with van der Waals surface area (Å²) in [6, 6.07) is 12.5. The summed E-state index contributed by atoms with van der Waals surface area (Å²) < 4.78 is 49.4. The van der Waals surface area contributed by atoms with E-state index in [0.29, 0.717) is 36.4 Å². The van der Waals surface area contributed by atoms with E-state index in [1.807, 2.05) is 39.5 Å². The molecule has 11 heteroatoms. The maximum atomic E-state index is 15.1. The van der Waals surface area contributed by atoms with Gasteiger partial charge in [-0.15, -0.1) is 0 Å². The standard InChI is InChI=1S/C29H32FN5O4S/c1-19-10-12-21(13-11-19)40(37,38)35-17-23(22-8-6-7-9-24(22)30)25-26(31-18-32-27(25)35)33-14-15-34(20(2)16-33)28(36)39-29(3,4)5/h6-13,17-18,20H,14-16H2,1-5H3/t20-/m1/s1. The van der Waals surface area contributed by atoms with E-state index in [2.05, 4.69) is 9.97 Å². The molecular formula is C29H32FN5O4S. The molecule has 210 valence electrons. The van der Waals surface area contributed by atoms with Crippen LogP contribution in [0.1, 0.15) is 33.3 Å². The Hall–Kier alpha value is -3.99. The van der Waals surface area contributed by atoms with E-state index >= 15 is 4.39 Å². The Morgan fingerprint density at radius 3 is 2.38 bits per heavy atom. The summed E-state index contributed by atoms with van der Waals surface area (Å²) in [6.07, 6.45) is 2.33. The Labute approximate surface area is 233 Å².